The maximum Gasteiger partial charge on any atom is 0.246 e. The zero-order valence-corrected chi connectivity index (χ0v) is 8.63. The lowest BCUT2D eigenvalue weighted by Crippen LogP contribution is -2.34. The van der Waals surface area contributed by atoms with E-state index in [2.05, 4.69) is 26.0 Å². The van der Waals surface area contributed by atoms with Gasteiger partial charge < -0.3 is 4.48 Å². The van der Waals surface area contributed by atoms with Crippen LogP contribution in [0.4, 0.5) is 11.4 Å². The van der Waals surface area contributed by atoms with Crippen molar-refractivity contribution < 1.29 is 0 Å². The molecule has 0 atom stereocenters. The summed E-state index contributed by atoms with van der Waals surface area (Å²) in [7, 11) is 6.21. The smallest absolute Gasteiger partial charge is 0.246 e. The van der Waals surface area contributed by atoms with Gasteiger partial charge in [0, 0.05) is 0 Å². The number of quaternary nitrogens is 1. The van der Waals surface area contributed by atoms with Crippen LogP contribution in [-0.2, 0) is 0 Å². The fourth-order valence-electron chi connectivity index (χ4n) is 1.29. The summed E-state index contributed by atoms with van der Waals surface area (Å²) in [4.78, 5) is 3.53. The lowest BCUT2D eigenvalue weighted by atomic mass is 10.1. The molecular weight excluding hydrogens is 160 g/mol. The summed E-state index contributed by atoms with van der Waals surface area (Å²) in [6.07, 6.45) is 0. The quantitative estimate of drug-likeness (QED) is 0.456. The maximum absolute atomic E-state index is 7.08. The minimum absolute atomic E-state index is 0.692. The maximum atomic E-state index is 7.08. The van der Waals surface area contributed by atoms with E-state index < -0.39 is 0 Å². The van der Waals surface area contributed by atoms with Crippen LogP contribution in [0.5, 0.6) is 0 Å². The van der Waals surface area contributed by atoms with Crippen molar-refractivity contribution in [3.8, 4) is 0 Å². The Morgan fingerprint density at radius 2 is 1.85 bits per heavy atom. The van der Waals surface area contributed by atoms with Gasteiger partial charge >= 0.3 is 0 Å². The molecule has 0 aliphatic rings. The third-order valence-electron chi connectivity index (χ3n) is 1.97. The molecule has 0 saturated heterocycles. The Kier molecular flexibility index (Phi) is 2.40. The van der Waals surface area contributed by atoms with Gasteiger partial charge in [-0.1, -0.05) is 11.6 Å². The van der Waals surface area contributed by atoms with E-state index in [4.69, 9.17) is 6.57 Å². The van der Waals surface area contributed by atoms with Gasteiger partial charge in [0.25, 0.3) is 0 Å². The van der Waals surface area contributed by atoms with Crippen LogP contribution in [0.2, 0.25) is 0 Å². The summed E-state index contributed by atoms with van der Waals surface area (Å²) in [5.41, 5.74) is 2.97. The molecule has 0 aliphatic carbocycles. The molecule has 2 heteroatoms. The van der Waals surface area contributed by atoms with Crippen LogP contribution in [0.15, 0.2) is 18.2 Å². The molecule has 13 heavy (non-hydrogen) atoms. The largest absolute Gasteiger partial charge is 0.307 e. The number of rotatable bonds is 1. The zero-order chi connectivity index (χ0) is 10.1. The summed E-state index contributed by atoms with van der Waals surface area (Å²) in [5, 5.41) is 0. The summed E-state index contributed by atoms with van der Waals surface area (Å²) in [5.74, 6) is 0. The highest BCUT2D eigenvalue weighted by molar-refractivity contribution is 5.69. The van der Waals surface area contributed by atoms with Gasteiger partial charge in [-0.3, -0.25) is 0 Å². The Morgan fingerprint density at radius 3 is 2.31 bits per heavy atom. The van der Waals surface area contributed by atoms with Gasteiger partial charge in [-0.15, -0.1) is 0 Å². The summed E-state index contributed by atoms with van der Waals surface area (Å²) in [6, 6.07) is 6.02. The standard InChI is InChI=1S/C11H15N2/c1-9-6-7-11(13(3,4)5)10(8-9)12-2/h6-8H,1,3-5H3/q+1. The highest BCUT2D eigenvalue weighted by atomic mass is 15.3. The predicted molar refractivity (Wildman–Crippen MR) is 57.0 cm³/mol. The molecule has 0 amide bonds. The first-order chi connectivity index (χ1) is 5.95. The second-order valence-electron chi connectivity index (χ2n) is 4.12. The van der Waals surface area contributed by atoms with Gasteiger partial charge in [-0.2, -0.15) is 0 Å². The van der Waals surface area contributed by atoms with E-state index in [-0.39, 0.29) is 0 Å². The zero-order valence-electron chi connectivity index (χ0n) is 8.63. The number of hydrogen-bond acceptors (Lipinski definition) is 0. The van der Waals surface area contributed by atoms with Gasteiger partial charge in [0.2, 0.25) is 5.69 Å². The van der Waals surface area contributed by atoms with Crippen molar-refractivity contribution in [3.05, 3.63) is 35.2 Å². The highest BCUT2D eigenvalue weighted by Gasteiger charge is 2.16. The number of benzene rings is 1. The van der Waals surface area contributed by atoms with Gasteiger partial charge in [-0.05, 0) is 19.1 Å². The topological polar surface area (TPSA) is 4.36 Å². The van der Waals surface area contributed by atoms with E-state index in [0.717, 1.165) is 16.9 Å². The molecule has 0 spiro atoms. The molecule has 1 aromatic carbocycles. The van der Waals surface area contributed by atoms with Gasteiger partial charge in [0.15, 0.2) is 0 Å². The van der Waals surface area contributed by atoms with Crippen LogP contribution in [0.25, 0.3) is 4.85 Å². The number of hydrogen-bond donors (Lipinski definition) is 0. The molecule has 1 rings (SSSR count). The van der Waals surface area contributed by atoms with E-state index in [1.165, 1.54) is 0 Å². The average Bonchev–Trinajstić information content (AvgIpc) is 2.01. The van der Waals surface area contributed by atoms with Crippen molar-refractivity contribution in [1.29, 1.82) is 0 Å². The van der Waals surface area contributed by atoms with Crippen LogP contribution in [0.3, 0.4) is 0 Å². The average molecular weight is 175 g/mol. The molecule has 0 bridgehead atoms. The minimum atomic E-state index is 0.692. The second-order valence-corrected chi connectivity index (χ2v) is 4.12. The fourth-order valence-corrected chi connectivity index (χ4v) is 1.29. The molecule has 0 saturated carbocycles. The molecular formula is C11H15N2+. The molecule has 0 unspecified atom stereocenters. The predicted octanol–water partition coefficient (Wildman–Crippen LogP) is 2.74. The Morgan fingerprint density at radius 1 is 1.23 bits per heavy atom. The van der Waals surface area contributed by atoms with E-state index in [1.54, 1.807) is 0 Å². The minimum Gasteiger partial charge on any atom is -0.307 e. The molecule has 1 aromatic rings. The SMILES string of the molecule is [C-]#[N+]c1cc(C)ccc1[N+](C)(C)C. The number of nitrogens with zero attached hydrogens (tertiary/aromatic N) is 2. The van der Waals surface area contributed by atoms with Crippen LogP contribution in [-0.4, -0.2) is 21.1 Å². The van der Waals surface area contributed by atoms with Crippen LogP contribution < -0.4 is 4.48 Å². The molecule has 2 nitrogen and oxygen atoms in total. The lowest BCUT2D eigenvalue weighted by Gasteiger charge is -2.24. The molecule has 68 valence electrons. The first-order valence-corrected chi connectivity index (χ1v) is 4.25. The number of aryl methyl sites for hydroxylation is 1. The van der Waals surface area contributed by atoms with Gasteiger partial charge in [-0.25, -0.2) is 4.85 Å². The Hall–Kier alpha value is -1.33. The van der Waals surface area contributed by atoms with Crippen LogP contribution in [0.1, 0.15) is 5.56 Å². The van der Waals surface area contributed by atoms with E-state index in [1.807, 2.05) is 25.1 Å². The van der Waals surface area contributed by atoms with Gasteiger partial charge in [0.1, 0.15) is 5.69 Å². The Balaban J connectivity index is 3.32. The monoisotopic (exact) mass is 175 g/mol. The fraction of sp³-hybridized carbons (Fsp3) is 0.364. The first-order valence-electron chi connectivity index (χ1n) is 4.25. The van der Waals surface area contributed by atoms with Gasteiger partial charge in [0.05, 0.1) is 27.7 Å². The summed E-state index contributed by atoms with van der Waals surface area (Å²) < 4.78 is 0.692. The first kappa shape index (κ1) is 9.76. The second kappa shape index (κ2) is 3.20. The third kappa shape index (κ3) is 2.07. The van der Waals surface area contributed by atoms with Crippen molar-refractivity contribution >= 4 is 11.4 Å². The van der Waals surface area contributed by atoms with Crippen molar-refractivity contribution in [3.63, 3.8) is 0 Å². The molecule has 0 fully saturated rings. The van der Waals surface area contributed by atoms with Crippen molar-refractivity contribution in [1.82, 2.24) is 4.48 Å². The van der Waals surface area contributed by atoms with Crippen LogP contribution in [0, 0.1) is 13.5 Å². The van der Waals surface area contributed by atoms with E-state index >= 15 is 0 Å². The normalized spacial score (nSPS) is 11.0. The summed E-state index contributed by atoms with van der Waals surface area (Å²) in [6.45, 7) is 9.08. The molecule has 0 aliphatic heterocycles. The van der Waals surface area contributed by atoms with Crippen molar-refractivity contribution in [2.75, 3.05) is 21.1 Å². The molecule has 0 N–H and O–H groups in total. The molecule has 0 aromatic heterocycles. The van der Waals surface area contributed by atoms with Crippen molar-refractivity contribution in [2.45, 2.75) is 6.92 Å². The highest BCUT2D eigenvalue weighted by Crippen LogP contribution is 2.31. The van der Waals surface area contributed by atoms with E-state index in [0.29, 0.717) is 4.48 Å². The van der Waals surface area contributed by atoms with Crippen molar-refractivity contribution in [2.24, 2.45) is 0 Å². The Labute approximate surface area is 79.8 Å². The van der Waals surface area contributed by atoms with E-state index in [9.17, 15) is 0 Å². The van der Waals surface area contributed by atoms with Crippen LogP contribution >= 0.6 is 0 Å². The molecule has 0 radical (unpaired) electrons. The third-order valence-corrected chi connectivity index (χ3v) is 1.97. The lowest BCUT2D eigenvalue weighted by molar-refractivity contribution is 0.488. The molecule has 0 heterocycles. The Bertz CT molecular complexity index is 353. The summed E-state index contributed by atoms with van der Waals surface area (Å²) >= 11 is 0.